The van der Waals surface area contributed by atoms with Gasteiger partial charge in [0.25, 0.3) is 0 Å². The average molecular weight is 373 g/mol. The summed E-state index contributed by atoms with van der Waals surface area (Å²) in [6.07, 6.45) is 0. The number of benzene rings is 2. The van der Waals surface area contributed by atoms with Gasteiger partial charge in [-0.2, -0.15) is 8.42 Å². The molecule has 0 fully saturated rings. The van der Waals surface area contributed by atoms with Gasteiger partial charge in [0.1, 0.15) is 0 Å². The van der Waals surface area contributed by atoms with E-state index >= 15 is 0 Å². The Bertz CT molecular complexity index is 712. The Morgan fingerprint density at radius 2 is 1.04 bits per heavy atom. The standard InChI is InChI=1S/C14H10O4.H3N.H2O5S/c15-13(11-7-3-1-4-8-11)17-18-14(16)12-9-5-2-6-10-12;;1-5-6(2,3)4/h1-10H;1H3;1H,(H,2,3,4). The molecule has 0 heterocycles. The molecule has 0 aliphatic heterocycles. The molecule has 136 valence electrons. The van der Waals surface area contributed by atoms with E-state index in [0.717, 1.165) is 0 Å². The van der Waals surface area contributed by atoms with Crippen molar-refractivity contribution in [3.05, 3.63) is 71.8 Å². The van der Waals surface area contributed by atoms with Gasteiger partial charge in [0, 0.05) is 0 Å². The fourth-order valence-electron chi connectivity index (χ4n) is 1.32. The zero-order valence-corrected chi connectivity index (χ0v) is 13.5. The molecule has 0 saturated heterocycles. The topological polar surface area (TPSA) is 171 Å². The molecule has 0 saturated carbocycles. The summed E-state index contributed by atoms with van der Waals surface area (Å²) in [5.74, 6) is -1.42. The second-order valence-electron chi connectivity index (χ2n) is 3.98. The van der Waals surface area contributed by atoms with Gasteiger partial charge in [-0.3, -0.25) is 4.55 Å². The first-order chi connectivity index (χ1) is 11.3. The summed E-state index contributed by atoms with van der Waals surface area (Å²) in [4.78, 5) is 31.9. The van der Waals surface area contributed by atoms with Gasteiger partial charge in [-0.05, 0) is 24.3 Å². The predicted octanol–water partition coefficient (Wildman–Crippen LogP) is 2.06. The van der Waals surface area contributed by atoms with Gasteiger partial charge in [0.05, 0.1) is 11.1 Å². The molecule has 5 N–H and O–H groups in total. The first kappa shape index (κ1) is 22.2. The Hall–Kier alpha value is -2.83. The Kier molecular flexibility index (Phi) is 9.62. The summed E-state index contributed by atoms with van der Waals surface area (Å²) < 4.78 is 28.0. The Labute approximate surface area is 143 Å². The van der Waals surface area contributed by atoms with Crippen molar-refractivity contribution in [2.45, 2.75) is 0 Å². The smallest absolute Gasteiger partial charge is 0.344 e. The number of rotatable bonds is 3. The third kappa shape index (κ3) is 9.14. The van der Waals surface area contributed by atoms with Crippen LogP contribution in [0.2, 0.25) is 0 Å². The molecule has 0 spiro atoms. The van der Waals surface area contributed by atoms with Crippen LogP contribution >= 0.6 is 0 Å². The van der Waals surface area contributed by atoms with Crippen molar-refractivity contribution in [1.82, 2.24) is 6.15 Å². The van der Waals surface area contributed by atoms with Crippen molar-refractivity contribution in [2.24, 2.45) is 0 Å². The minimum absolute atomic E-state index is 0. The molecule has 0 atom stereocenters. The molecule has 25 heavy (non-hydrogen) atoms. The molecular formula is C14H15NO9S. The van der Waals surface area contributed by atoms with E-state index in [1.807, 2.05) is 0 Å². The lowest BCUT2D eigenvalue weighted by atomic mass is 10.2. The highest BCUT2D eigenvalue weighted by molar-refractivity contribution is 7.80. The molecular weight excluding hydrogens is 358 g/mol. The Morgan fingerprint density at radius 3 is 1.28 bits per heavy atom. The zero-order chi connectivity index (χ0) is 18.0. The molecule has 0 radical (unpaired) electrons. The highest BCUT2D eigenvalue weighted by Gasteiger charge is 2.12. The summed E-state index contributed by atoms with van der Waals surface area (Å²) in [7, 11) is -4.61. The summed E-state index contributed by atoms with van der Waals surface area (Å²) in [6, 6.07) is 16.6. The Morgan fingerprint density at radius 1 is 0.760 bits per heavy atom. The molecule has 10 nitrogen and oxygen atoms in total. The van der Waals surface area contributed by atoms with Gasteiger partial charge in [-0.25, -0.2) is 24.6 Å². The SMILES string of the molecule is N.O=C(OOC(=O)c1ccccc1)c1ccccc1.O=S(=O)(O)OO. The van der Waals surface area contributed by atoms with E-state index in [0.29, 0.717) is 11.1 Å². The van der Waals surface area contributed by atoms with Crippen LogP contribution in [0.1, 0.15) is 20.7 Å². The Balaban J connectivity index is 0.000000715. The van der Waals surface area contributed by atoms with Crippen LogP contribution in [-0.2, 0) is 24.5 Å². The number of hydrogen-bond donors (Lipinski definition) is 3. The molecule has 2 rings (SSSR count). The van der Waals surface area contributed by atoms with Crippen LogP contribution in [0.4, 0.5) is 0 Å². The zero-order valence-electron chi connectivity index (χ0n) is 12.6. The summed E-state index contributed by atoms with van der Waals surface area (Å²) >= 11 is 0. The van der Waals surface area contributed by atoms with Crippen molar-refractivity contribution in [1.29, 1.82) is 0 Å². The minimum atomic E-state index is -4.61. The highest BCUT2D eigenvalue weighted by Crippen LogP contribution is 2.05. The van der Waals surface area contributed by atoms with Crippen molar-refractivity contribution >= 4 is 22.3 Å². The maximum atomic E-state index is 11.5. The van der Waals surface area contributed by atoms with Gasteiger partial charge >= 0.3 is 22.3 Å². The molecule has 0 aromatic heterocycles. The third-order valence-corrected chi connectivity index (χ3v) is 2.49. The maximum absolute atomic E-state index is 11.5. The van der Waals surface area contributed by atoms with Crippen LogP contribution in [0, 0.1) is 0 Å². The van der Waals surface area contributed by atoms with Gasteiger partial charge in [0.15, 0.2) is 0 Å². The molecule has 11 heteroatoms. The van der Waals surface area contributed by atoms with Crippen LogP contribution in [0.3, 0.4) is 0 Å². The quantitative estimate of drug-likeness (QED) is 0.410. The van der Waals surface area contributed by atoms with E-state index in [2.05, 4.69) is 14.1 Å². The van der Waals surface area contributed by atoms with Crippen LogP contribution in [0.25, 0.3) is 0 Å². The van der Waals surface area contributed by atoms with E-state index in [9.17, 15) is 9.59 Å². The summed E-state index contributed by atoms with van der Waals surface area (Å²) in [5, 5.41) is 7.06. The number of carbonyl (C=O) groups excluding carboxylic acids is 2. The van der Waals surface area contributed by atoms with Crippen molar-refractivity contribution < 1.29 is 41.9 Å². The van der Waals surface area contributed by atoms with Gasteiger partial charge in [-0.1, -0.05) is 40.7 Å². The minimum Gasteiger partial charge on any atom is -0.344 e. The largest absolute Gasteiger partial charge is 0.423 e. The normalized spacial score (nSPS) is 9.68. The van der Waals surface area contributed by atoms with E-state index < -0.39 is 22.3 Å². The van der Waals surface area contributed by atoms with Crippen molar-refractivity contribution in [3.63, 3.8) is 0 Å². The molecule has 2 aromatic carbocycles. The van der Waals surface area contributed by atoms with E-state index in [1.54, 1.807) is 60.7 Å². The lowest BCUT2D eigenvalue weighted by molar-refractivity contribution is -0.187. The van der Waals surface area contributed by atoms with Crippen LogP contribution in [-0.4, -0.2) is 30.2 Å². The maximum Gasteiger partial charge on any atom is 0.423 e. The van der Waals surface area contributed by atoms with Gasteiger partial charge < -0.3 is 6.15 Å². The highest BCUT2D eigenvalue weighted by atomic mass is 32.3. The summed E-state index contributed by atoms with van der Waals surface area (Å²) in [6.45, 7) is 0. The van der Waals surface area contributed by atoms with Gasteiger partial charge in [-0.15, -0.1) is 0 Å². The molecule has 2 aromatic rings. The van der Waals surface area contributed by atoms with Crippen molar-refractivity contribution in [3.8, 4) is 0 Å². The second-order valence-corrected chi connectivity index (χ2v) is 4.98. The first-order valence-electron chi connectivity index (χ1n) is 6.17. The summed E-state index contributed by atoms with van der Waals surface area (Å²) in [5.41, 5.74) is 0.636. The van der Waals surface area contributed by atoms with Crippen molar-refractivity contribution in [2.75, 3.05) is 0 Å². The number of carbonyl (C=O) groups is 2. The lowest BCUT2D eigenvalue weighted by Crippen LogP contribution is -2.11. The molecule has 0 aliphatic carbocycles. The monoisotopic (exact) mass is 373 g/mol. The average Bonchev–Trinajstić information content (AvgIpc) is 2.60. The fourth-order valence-corrected chi connectivity index (χ4v) is 1.32. The van der Waals surface area contributed by atoms with Crippen LogP contribution in [0.15, 0.2) is 60.7 Å². The predicted molar refractivity (Wildman–Crippen MR) is 84.0 cm³/mol. The van der Waals surface area contributed by atoms with Crippen LogP contribution in [0.5, 0.6) is 0 Å². The fraction of sp³-hybridized carbons (Fsp3) is 0. The van der Waals surface area contributed by atoms with Crippen LogP contribution < -0.4 is 6.15 Å². The molecule has 0 amide bonds. The first-order valence-corrected chi connectivity index (χ1v) is 7.53. The second kappa shape index (κ2) is 10.9. The third-order valence-electron chi connectivity index (χ3n) is 2.31. The number of hydrogen-bond acceptors (Lipinski definition) is 9. The van der Waals surface area contributed by atoms with E-state index in [-0.39, 0.29) is 6.15 Å². The van der Waals surface area contributed by atoms with Gasteiger partial charge in [0.2, 0.25) is 0 Å². The molecule has 0 bridgehead atoms. The van der Waals surface area contributed by atoms with E-state index in [1.165, 1.54) is 0 Å². The van der Waals surface area contributed by atoms with E-state index in [4.69, 9.17) is 18.2 Å². The lowest BCUT2D eigenvalue weighted by Gasteiger charge is -2.02. The molecule has 0 unspecified atom stereocenters. The molecule has 0 aliphatic rings.